The number of nitrogens with one attached hydrogen (secondary N) is 1. The van der Waals surface area contributed by atoms with Crippen LogP contribution in [0.2, 0.25) is 0 Å². The van der Waals surface area contributed by atoms with Crippen LogP contribution in [-0.2, 0) is 19.6 Å². The molecule has 0 atom stereocenters. The van der Waals surface area contributed by atoms with Crippen LogP contribution in [0.25, 0.3) is 0 Å². The number of rotatable bonds is 10. The third-order valence-corrected chi connectivity index (χ3v) is 5.95. The van der Waals surface area contributed by atoms with Gasteiger partial charge in [0.1, 0.15) is 0 Å². The highest BCUT2D eigenvalue weighted by molar-refractivity contribution is 7.92. The SMILES string of the molecule is Cc1ccc(NS(=O)(=O)c2ccc(C(=O)OCC(=O)N(CC(C)C)CC(C)C)cc2)cc1. The second-order valence-corrected chi connectivity index (χ2v) is 10.3. The van der Waals surface area contributed by atoms with Gasteiger partial charge >= 0.3 is 5.97 Å². The van der Waals surface area contributed by atoms with Gasteiger partial charge in [-0.15, -0.1) is 0 Å². The molecule has 32 heavy (non-hydrogen) atoms. The van der Waals surface area contributed by atoms with E-state index in [1.165, 1.54) is 24.3 Å². The number of sulfonamides is 1. The summed E-state index contributed by atoms with van der Waals surface area (Å²) in [6, 6.07) is 12.4. The second-order valence-electron chi connectivity index (χ2n) is 8.66. The van der Waals surface area contributed by atoms with Crippen LogP contribution in [0.4, 0.5) is 5.69 Å². The number of nitrogens with zero attached hydrogens (tertiary/aromatic N) is 1. The molecule has 0 saturated heterocycles. The highest BCUT2D eigenvalue weighted by atomic mass is 32.2. The van der Waals surface area contributed by atoms with Crippen molar-refractivity contribution in [3.63, 3.8) is 0 Å². The molecule has 8 heteroatoms. The third kappa shape index (κ3) is 7.67. The monoisotopic (exact) mass is 460 g/mol. The molecule has 0 spiro atoms. The Kier molecular flexibility index (Phi) is 8.83. The average molecular weight is 461 g/mol. The van der Waals surface area contributed by atoms with Gasteiger partial charge in [-0.05, 0) is 55.2 Å². The Balaban J connectivity index is 2.00. The molecule has 0 bridgehead atoms. The maximum absolute atomic E-state index is 12.6. The molecule has 2 aromatic rings. The van der Waals surface area contributed by atoms with Crippen LogP contribution in [0.1, 0.15) is 43.6 Å². The summed E-state index contributed by atoms with van der Waals surface area (Å²) in [5, 5.41) is 0. The van der Waals surface area contributed by atoms with Gasteiger partial charge in [-0.1, -0.05) is 45.4 Å². The molecule has 0 saturated carbocycles. The maximum Gasteiger partial charge on any atom is 0.338 e. The molecule has 0 heterocycles. The molecule has 0 aromatic heterocycles. The second kappa shape index (κ2) is 11.1. The summed E-state index contributed by atoms with van der Waals surface area (Å²) >= 11 is 0. The van der Waals surface area contributed by atoms with Crippen molar-refractivity contribution in [2.75, 3.05) is 24.4 Å². The molecular formula is C24H32N2O5S. The van der Waals surface area contributed by atoms with Gasteiger partial charge in [0.25, 0.3) is 15.9 Å². The van der Waals surface area contributed by atoms with Gasteiger partial charge in [-0.25, -0.2) is 13.2 Å². The standard InChI is InChI=1S/C24H32N2O5S/c1-17(2)14-26(15-18(3)4)23(27)16-31-24(28)20-8-12-22(13-9-20)32(29,30)25-21-10-6-19(5)7-11-21/h6-13,17-18,25H,14-16H2,1-5H3. The number of benzene rings is 2. The molecule has 2 aromatic carbocycles. The van der Waals surface area contributed by atoms with Crippen molar-refractivity contribution < 1.29 is 22.7 Å². The Morgan fingerprint density at radius 3 is 1.94 bits per heavy atom. The zero-order chi connectivity index (χ0) is 23.9. The lowest BCUT2D eigenvalue weighted by molar-refractivity contribution is -0.135. The topological polar surface area (TPSA) is 92.8 Å². The van der Waals surface area contributed by atoms with Gasteiger partial charge in [0, 0.05) is 18.8 Å². The number of carbonyl (C=O) groups is 2. The first-order valence-electron chi connectivity index (χ1n) is 10.6. The van der Waals surface area contributed by atoms with E-state index in [-0.39, 0.29) is 23.0 Å². The predicted octanol–water partition coefficient (Wildman–Crippen LogP) is 4.09. The number of hydrogen-bond donors (Lipinski definition) is 1. The molecule has 0 aliphatic heterocycles. The first-order chi connectivity index (χ1) is 15.0. The van der Waals surface area contributed by atoms with Crippen molar-refractivity contribution in [2.24, 2.45) is 11.8 Å². The Morgan fingerprint density at radius 1 is 0.906 bits per heavy atom. The van der Waals surface area contributed by atoms with Crippen molar-refractivity contribution in [1.82, 2.24) is 4.90 Å². The minimum absolute atomic E-state index is 0.0192. The molecule has 0 radical (unpaired) electrons. The average Bonchev–Trinajstić information content (AvgIpc) is 2.72. The first-order valence-corrected chi connectivity index (χ1v) is 12.1. The third-order valence-electron chi connectivity index (χ3n) is 4.55. The maximum atomic E-state index is 12.6. The van der Waals surface area contributed by atoms with Crippen molar-refractivity contribution in [3.05, 3.63) is 59.7 Å². The molecule has 0 fully saturated rings. The van der Waals surface area contributed by atoms with E-state index in [0.29, 0.717) is 30.6 Å². The molecule has 1 amide bonds. The number of amides is 1. The zero-order valence-electron chi connectivity index (χ0n) is 19.3. The minimum atomic E-state index is -3.79. The highest BCUT2D eigenvalue weighted by Gasteiger charge is 2.19. The van der Waals surface area contributed by atoms with E-state index >= 15 is 0 Å². The Hall–Kier alpha value is -2.87. The Bertz CT molecular complexity index is 1000. The van der Waals surface area contributed by atoms with Crippen LogP contribution in [0.3, 0.4) is 0 Å². The van der Waals surface area contributed by atoms with Gasteiger partial charge in [0.05, 0.1) is 10.5 Å². The number of carbonyl (C=O) groups excluding carboxylic acids is 2. The van der Waals surface area contributed by atoms with E-state index in [1.54, 1.807) is 17.0 Å². The lowest BCUT2D eigenvalue weighted by Gasteiger charge is -2.26. The molecule has 0 unspecified atom stereocenters. The van der Waals surface area contributed by atoms with Crippen molar-refractivity contribution >= 4 is 27.6 Å². The molecular weight excluding hydrogens is 428 g/mol. The number of anilines is 1. The van der Waals surface area contributed by atoms with Crippen LogP contribution in [0.15, 0.2) is 53.4 Å². The number of hydrogen-bond acceptors (Lipinski definition) is 5. The van der Waals surface area contributed by atoms with Crippen LogP contribution >= 0.6 is 0 Å². The van der Waals surface area contributed by atoms with Crippen LogP contribution in [-0.4, -0.2) is 44.9 Å². The Labute approximate surface area is 190 Å². The van der Waals surface area contributed by atoms with E-state index in [1.807, 2.05) is 46.8 Å². The van der Waals surface area contributed by atoms with Gasteiger partial charge in [0.15, 0.2) is 6.61 Å². The van der Waals surface area contributed by atoms with Crippen LogP contribution < -0.4 is 4.72 Å². The molecule has 0 aliphatic carbocycles. The molecule has 1 N–H and O–H groups in total. The van der Waals surface area contributed by atoms with E-state index in [2.05, 4.69) is 4.72 Å². The predicted molar refractivity (Wildman–Crippen MR) is 125 cm³/mol. The van der Waals surface area contributed by atoms with Gasteiger partial charge in [0.2, 0.25) is 0 Å². The van der Waals surface area contributed by atoms with Crippen LogP contribution in [0.5, 0.6) is 0 Å². The summed E-state index contributed by atoms with van der Waals surface area (Å²) in [7, 11) is -3.79. The summed E-state index contributed by atoms with van der Waals surface area (Å²) < 4.78 is 32.8. The van der Waals surface area contributed by atoms with E-state index in [4.69, 9.17) is 4.74 Å². The van der Waals surface area contributed by atoms with Gasteiger partial charge in [-0.3, -0.25) is 9.52 Å². The fourth-order valence-electron chi connectivity index (χ4n) is 3.07. The van der Waals surface area contributed by atoms with Gasteiger partial charge in [-0.2, -0.15) is 0 Å². The molecule has 2 rings (SSSR count). The summed E-state index contributed by atoms with van der Waals surface area (Å²) in [5.41, 5.74) is 1.64. The number of esters is 1. The largest absolute Gasteiger partial charge is 0.452 e. The summed E-state index contributed by atoms with van der Waals surface area (Å²) in [4.78, 5) is 26.6. The molecule has 7 nitrogen and oxygen atoms in total. The van der Waals surface area contributed by atoms with Crippen LogP contribution in [0, 0.1) is 18.8 Å². The van der Waals surface area contributed by atoms with Gasteiger partial charge < -0.3 is 9.64 Å². The fraction of sp³-hybridized carbons (Fsp3) is 0.417. The number of aryl methyl sites for hydroxylation is 1. The van der Waals surface area contributed by atoms with E-state index < -0.39 is 16.0 Å². The van der Waals surface area contributed by atoms with Crippen molar-refractivity contribution in [3.8, 4) is 0 Å². The summed E-state index contributed by atoms with van der Waals surface area (Å²) in [5.74, 6) is -0.321. The van der Waals surface area contributed by atoms with E-state index in [0.717, 1.165) is 5.56 Å². The Morgan fingerprint density at radius 2 is 1.44 bits per heavy atom. The van der Waals surface area contributed by atoms with Crippen molar-refractivity contribution in [2.45, 2.75) is 39.5 Å². The minimum Gasteiger partial charge on any atom is -0.452 e. The lowest BCUT2D eigenvalue weighted by Crippen LogP contribution is -2.39. The summed E-state index contributed by atoms with van der Waals surface area (Å²) in [6.45, 7) is 10.8. The molecule has 0 aliphatic rings. The lowest BCUT2D eigenvalue weighted by atomic mass is 10.1. The molecule has 174 valence electrons. The zero-order valence-corrected chi connectivity index (χ0v) is 20.1. The smallest absolute Gasteiger partial charge is 0.338 e. The quantitative estimate of drug-likeness (QED) is 0.539. The normalized spacial score (nSPS) is 11.5. The number of ether oxygens (including phenoxy) is 1. The fourth-order valence-corrected chi connectivity index (χ4v) is 4.13. The van der Waals surface area contributed by atoms with E-state index in [9.17, 15) is 18.0 Å². The summed E-state index contributed by atoms with van der Waals surface area (Å²) in [6.07, 6.45) is 0. The van der Waals surface area contributed by atoms with Crippen molar-refractivity contribution in [1.29, 1.82) is 0 Å². The highest BCUT2D eigenvalue weighted by Crippen LogP contribution is 2.17. The first kappa shape index (κ1) is 25.4.